The molecule has 1 amide bonds. The fraction of sp³-hybridized carbons (Fsp3) is 0.500. The van der Waals surface area contributed by atoms with Crippen molar-refractivity contribution in [1.82, 2.24) is 5.32 Å². The second kappa shape index (κ2) is 15.6. The number of phenolic OH excluding ortho intramolecular Hbond substituents is 2. The number of aromatic hydroxyl groups is 2. The number of nitrogens with one attached hydrogen (secondary N) is 1. The predicted molar refractivity (Wildman–Crippen MR) is 166 cm³/mol. The minimum Gasteiger partial charge on any atom is -0.507 e. The Hall–Kier alpha value is -4.54. The fourth-order valence-electron chi connectivity index (χ4n) is 6.20. The molecule has 5 rings (SSSR count). The van der Waals surface area contributed by atoms with Crippen LogP contribution in [0.4, 0.5) is 13.2 Å². The summed E-state index contributed by atoms with van der Waals surface area (Å²) in [4.78, 5) is 61.6. The van der Waals surface area contributed by atoms with Crippen molar-refractivity contribution in [2.75, 3.05) is 20.3 Å². The monoisotopic (exact) mass is 709 g/mol. The molecule has 0 bridgehead atoms. The molecule has 1 saturated heterocycles. The summed E-state index contributed by atoms with van der Waals surface area (Å²) in [6.45, 7) is 3.21. The Morgan fingerprint density at radius 1 is 1.04 bits per heavy atom. The van der Waals surface area contributed by atoms with Gasteiger partial charge in [0.05, 0.1) is 42.0 Å². The van der Waals surface area contributed by atoms with Crippen LogP contribution in [-0.2, 0) is 30.3 Å². The maximum absolute atomic E-state index is 13.3. The number of phenols is 2. The van der Waals surface area contributed by atoms with Gasteiger partial charge < -0.3 is 40.0 Å². The minimum absolute atomic E-state index is 0.0134. The molecule has 1 heterocycles. The number of alkyl halides is 3. The van der Waals surface area contributed by atoms with Crippen LogP contribution in [0.15, 0.2) is 18.2 Å². The van der Waals surface area contributed by atoms with Gasteiger partial charge in [-0.3, -0.25) is 24.0 Å². The number of ketones is 3. The number of methoxy groups -OCH3 is 1. The van der Waals surface area contributed by atoms with Crippen LogP contribution in [0.3, 0.4) is 0 Å². The Bertz CT molecular complexity index is 1670. The maximum atomic E-state index is 13.3. The Balaban J connectivity index is 0.000000314. The smallest absolute Gasteiger partial charge is 0.471 e. The zero-order valence-electron chi connectivity index (χ0n) is 27.5. The number of carbonyl (C=O) groups excluding carboxylic acids is 5. The van der Waals surface area contributed by atoms with Crippen molar-refractivity contribution in [3.05, 3.63) is 51.6 Å². The van der Waals surface area contributed by atoms with E-state index in [1.54, 1.807) is 5.32 Å². The van der Waals surface area contributed by atoms with E-state index in [2.05, 4.69) is 0 Å². The minimum atomic E-state index is -4.92. The summed E-state index contributed by atoms with van der Waals surface area (Å²) in [5.41, 5.74) is -0.881. The summed E-state index contributed by atoms with van der Waals surface area (Å²) in [7, 11) is 1.34. The third-order valence-corrected chi connectivity index (χ3v) is 8.90. The average molecular weight is 710 g/mol. The van der Waals surface area contributed by atoms with Gasteiger partial charge in [-0.25, -0.2) is 0 Å². The highest BCUT2D eigenvalue weighted by molar-refractivity contribution is 6.31. The number of fused-ring (bicyclic) bond motifs is 3. The number of carbonyl (C=O) groups is 5. The second-order valence-corrected chi connectivity index (χ2v) is 12.2. The fourth-order valence-corrected chi connectivity index (χ4v) is 6.20. The summed E-state index contributed by atoms with van der Waals surface area (Å²) >= 11 is 0. The quantitative estimate of drug-likeness (QED) is 0.169. The Morgan fingerprint density at radius 2 is 1.72 bits per heavy atom. The molecule has 2 aromatic carbocycles. The number of aliphatic hydroxyl groups excluding tert-OH is 2. The van der Waals surface area contributed by atoms with Crippen molar-refractivity contribution in [1.29, 1.82) is 0 Å². The molecule has 13 nitrogen and oxygen atoms in total. The molecule has 0 spiro atoms. The molecule has 5 unspecified atom stereocenters. The highest BCUT2D eigenvalue weighted by Crippen LogP contribution is 2.50. The SMILES string of the molecule is CC1OCCC(NC(=O)C(F)(F)F)C1O.CCCCC(=O)OCC(=O)C1Cc2c(O)c3c(c(O)c2C(O)C1)C(=O)c1c(OC)cccc1C3=O. The number of hydrogen-bond acceptors (Lipinski definition) is 12. The van der Waals surface area contributed by atoms with Gasteiger partial charge in [-0.1, -0.05) is 25.5 Å². The van der Waals surface area contributed by atoms with Gasteiger partial charge in [0.1, 0.15) is 30.0 Å². The van der Waals surface area contributed by atoms with E-state index >= 15 is 0 Å². The summed E-state index contributed by atoms with van der Waals surface area (Å²) in [5, 5.41) is 44.0. The van der Waals surface area contributed by atoms with E-state index < -0.39 is 89.3 Å². The zero-order chi connectivity index (χ0) is 37.1. The first-order valence-electron chi connectivity index (χ1n) is 15.9. The van der Waals surface area contributed by atoms with Crippen LogP contribution in [0, 0.1) is 5.92 Å². The van der Waals surface area contributed by atoms with Crippen LogP contribution in [0.5, 0.6) is 17.2 Å². The van der Waals surface area contributed by atoms with Gasteiger partial charge in [-0.05, 0) is 38.7 Å². The Morgan fingerprint density at radius 3 is 2.36 bits per heavy atom. The lowest BCUT2D eigenvalue weighted by Gasteiger charge is -2.33. The van der Waals surface area contributed by atoms with Gasteiger partial charge in [-0.15, -0.1) is 0 Å². The number of aliphatic hydroxyl groups is 2. The summed E-state index contributed by atoms with van der Waals surface area (Å²) in [5.74, 6) is -6.21. The van der Waals surface area contributed by atoms with Crippen molar-refractivity contribution in [3.63, 3.8) is 0 Å². The standard InChI is InChI=1S/C26H26O9.C8H12F3NO3/c1-3-4-8-18(29)35-11-16(28)12-9-14-19(15(27)10-12)25(32)22-21(24(14)31)23(30)13-6-5-7-17(34-2)20(13)26(22)33;1-4-6(13)5(2-3-15-4)12-7(14)8(9,10)11/h5-7,12,15,27,31-32H,3-4,8-11H2,1-2H3;4-6,13H,2-3H2,1H3,(H,12,14). The number of ether oxygens (including phenoxy) is 3. The molecular weight excluding hydrogens is 671 g/mol. The van der Waals surface area contributed by atoms with Crippen LogP contribution in [0.25, 0.3) is 0 Å². The highest BCUT2D eigenvalue weighted by atomic mass is 19.4. The third-order valence-electron chi connectivity index (χ3n) is 8.90. The molecular formula is C34H38F3NO12. The summed E-state index contributed by atoms with van der Waals surface area (Å²) < 4.78 is 51.0. The lowest BCUT2D eigenvalue weighted by Crippen LogP contribution is -2.54. The number of unbranched alkanes of at least 4 members (excludes halogenated alkanes) is 1. The molecule has 272 valence electrons. The van der Waals surface area contributed by atoms with E-state index in [4.69, 9.17) is 14.2 Å². The lowest BCUT2D eigenvalue weighted by molar-refractivity contribution is -0.177. The summed E-state index contributed by atoms with van der Waals surface area (Å²) in [6, 6.07) is 3.56. The highest BCUT2D eigenvalue weighted by Gasteiger charge is 2.44. The first kappa shape index (κ1) is 38.3. The van der Waals surface area contributed by atoms with E-state index in [1.807, 2.05) is 6.92 Å². The van der Waals surface area contributed by atoms with Gasteiger partial charge >= 0.3 is 18.1 Å². The molecule has 1 aliphatic heterocycles. The molecule has 16 heteroatoms. The molecule has 0 aromatic heterocycles. The van der Waals surface area contributed by atoms with Crippen molar-refractivity contribution >= 4 is 29.2 Å². The molecule has 0 radical (unpaired) electrons. The lowest BCUT2D eigenvalue weighted by atomic mass is 9.74. The number of rotatable bonds is 8. The van der Waals surface area contributed by atoms with Crippen molar-refractivity contribution in [2.24, 2.45) is 5.92 Å². The first-order chi connectivity index (χ1) is 23.5. The average Bonchev–Trinajstić information content (AvgIpc) is 3.07. The predicted octanol–water partition coefficient (Wildman–Crippen LogP) is 2.98. The van der Waals surface area contributed by atoms with Crippen molar-refractivity contribution < 1.29 is 71.8 Å². The molecule has 3 aliphatic rings. The van der Waals surface area contributed by atoms with Crippen molar-refractivity contribution in [3.8, 4) is 17.2 Å². The molecule has 5 N–H and O–H groups in total. The van der Waals surface area contributed by atoms with Crippen molar-refractivity contribution in [2.45, 2.75) is 82.9 Å². The normalized spacial score (nSPS) is 22.6. The molecule has 1 fully saturated rings. The van der Waals surface area contributed by atoms with E-state index in [0.29, 0.717) is 6.42 Å². The number of esters is 1. The number of halogens is 3. The molecule has 2 aromatic rings. The number of benzene rings is 2. The van der Waals surface area contributed by atoms with Gasteiger partial charge in [0.2, 0.25) is 5.78 Å². The number of hydrogen-bond donors (Lipinski definition) is 5. The van der Waals surface area contributed by atoms with Gasteiger partial charge in [0, 0.05) is 35.6 Å². The third kappa shape index (κ3) is 7.76. The zero-order valence-corrected chi connectivity index (χ0v) is 27.5. The number of amides is 1. The topological polar surface area (TPSA) is 206 Å². The van der Waals surface area contributed by atoms with Gasteiger partial charge in [0.25, 0.3) is 0 Å². The Labute approximate surface area is 284 Å². The van der Waals surface area contributed by atoms with Crippen LogP contribution in [-0.4, -0.2) is 94.4 Å². The first-order valence-corrected chi connectivity index (χ1v) is 15.9. The largest absolute Gasteiger partial charge is 0.507 e. The molecule has 5 atom stereocenters. The molecule has 50 heavy (non-hydrogen) atoms. The van der Waals surface area contributed by atoms with Crippen LogP contribution >= 0.6 is 0 Å². The van der Waals surface area contributed by atoms with Gasteiger partial charge in [0.15, 0.2) is 11.6 Å². The van der Waals surface area contributed by atoms with Crippen LogP contribution < -0.4 is 10.1 Å². The number of Topliss-reactive ketones (excluding diaryl/α,β-unsaturated/α-hetero) is 1. The second-order valence-electron chi connectivity index (χ2n) is 12.2. The Kier molecular flexibility index (Phi) is 11.9. The molecule has 2 aliphatic carbocycles. The van der Waals surface area contributed by atoms with E-state index in [9.17, 15) is 57.6 Å². The maximum Gasteiger partial charge on any atom is 0.471 e. The summed E-state index contributed by atoms with van der Waals surface area (Å²) in [6.07, 6.45) is -6.37. The van der Waals surface area contributed by atoms with Crippen LogP contribution in [0.1, 0.15) is 95.0 Å². The van der Waals surface area contributed by atoms with Crippen LogP contribution in [0.2, 0.25) is 0 Å². The van der Waals surface area contributed by atoms with E-state index in [0.717, 1.165) is 6.42 Å². The van der Waals surface area contributed by atoms with E-state index in [1.165, 1.54) is 32.2 Å². The van der Waals surface area contributed by atoms with E-state index in [-0.39, 0.29) is 65.9 Å². The van der Waals surface area contributed by atoms with Gasteiger partial charge in [-0.2, -0.15) is 13.2 Å². The molecule has 0 saturated carbocycles.